The molecule has 0 aromatic heterocycles. The van der Waals surface area contributed by atoms with Crippen molar-refractivity contribution < 1.29 is 17.9 Å². The molecule has 0 spiro atoms. The number of halogens is 1. The predicted molar refractivity (Wildman–Crippen MR) is 86.0 cm³/mol. The topological polar surface area (TPSA) is 55.8 Å². The standard InChI is InChI=1S/C15H22ClNO4S/c1-17(9-8-13-5-3-4-10-21-13)22(18,19)15-11-12(16)6-7-14(15)20-2/h6-7,11,13H,3-5,8-10H2,1-2H3. The molecule has 0 aliphatic carbocycles. The van der Waals surface area contributed by atoms with Crippen LogP contribution in [0.5, 0.6) is 5.75 Å². The molecule has 2 rings (SSSR count). The first kappa shape index (κ1) is 17.5. The molecule has 0 N–H and O–H groups in total. The predicted octanol–water partition coefficient (Wildman–Crippen LogP) is 2.93. The van der Waals surface area contributed by atoms with E-state index in [1.54, 1.807) is 19.2 Å². The minimum Gasteiger partial charge on any atom is -0.495 e. The van der Waals surface area contributed by atoms with Crippen LogP contribution < -0.4 is 4.74 Å². The summed E-state index contributed by atoms with van der Waals surface area (Å²) >= 11 is 5.92. The van der Waals surface area contributed by atoms with Gasteiger partial charge in [0.15, 0.2) is 0 Å². The van der Waals surface area contributed by atoms with Gasteiger partial charge in [0.25, 0.3) is 0 Å². The number of rotatable bonds is 6. The Morgan fingerprint density at radius 2 is 2.18 bits per heavy atom. The van der Waals surface area contributed by atoms with E-state index in [0.717, 1.165) is 25.9 Å². The van der Waals surface area contributed by atoms with Gasteiger partial charge in [-0.15, -0.1) is 0 Å². The van der Waals surface area contributed by atoms with Crippen molar-refractivity contribution in [1.29, 1.82) is 0 Å². The molecule has 1 saturated heterocycles. The number of hydrogen-bond donors (Lipinski definition) is 0. The summed E-state index contributed by atoms with van der Waals surface area (Å²) in [4.78, 5) is 0.0922. The maximum Gasteiger partial charge on any atom is 0.246 e. The summed E-state index contributed by atoms with van der Waals surface area (Å²) < 4.78 is 37.5. The largest absolute Gasteiger partial charge is 0.495 e. The van der Waals surface area contributed by atoms with Crippen LogP contribution in [0.4, 0.5) is 0 Å². The van der Waals surface area contributed by atoms with E-state index in [1.807, 2.05) is 0 Å². The van der Waals surface area contributed by atoms with Gasteiger partial charge < -0.3 is 9.47 Å². The first-order valence-electron chi connectivity index (χ1n) is 7.36. The maximum atomic E-state index is 12.7. The lowest BCUT2D eigenvalue weighted by Crippen LogP contribution is -2.31. The quantitative estimate of drug-likeness (QED) is 0.794. The second-order valence-corrected chi connectivity index (χ2v) is 7.85. The van der Waals surface area contributed by atoms with Gasteiger partial charge in [-0.05, 0) is 43.9 Å². The summed E-state index contributed by atoms with van der Waals surface area (Å²) in [6.45, 7) is 1.17. The normalized spacial score (nSPS) is 19.4. The Balaban J connectivity index is 2.10. The number of ether oxygens (including phenoxy) is 2. The molecule has 124 valence electrons. The zero-order chi connectivity index (χ0) is 16.2. The smallest absolute Gasteiger partial charge is 0.246 e. The van der Waals surface area contributed by atoms with Crippen molar-refractivity contribution >= 4 is 21.6 Å². The van der Waals surface area contributed by atoms with Crippen LogP contribution in [0.15, 0.2) is 23.1 Å². The summed E-state index contributed by atoms with van der Waals surface area (Å²) in [5.41, 5.74) is 0. The van der Waals surface area contributed by atoms with E-state index in [0.29, 0.717) is 23.7 Å². The van der Waals surface area contributed by atoms with Crippen LogP contribution in [0.2, 0.25) is 5.02 Å². The van der Waals surface area contributed by atoms with Crippen molar-refractivity contribution in [1.82, 2.24) is 4.31 Å². The Kier molecular flexibility index (Phi) is 6.09. The second kappa shape index (κ2) is 7.64. The minimum atomic E-state index is -3.64. The van der Waals surface area contributed by atoms with Gasteiger partial charge in [0.1, 0.15) is 10.6 Å². The number of methoxy groups -OCH3 is 1. The fraction of sp³-hybridized carbons (Fsp3) is 0.600. The third-order valence-corrected chi connectivity index (χ3v) is 5.97. The van der Waals surface area contributed by atoms with E-state index in [4.69, 9.17) is 21.1 Å². The molecular formula is C15H22ClNO4S. The molecular weight excluding hydrogens is 326 g/mol. The van der Waals surface area contributed by atoms with Crippen molar-refractivity contribution in [2.45, 2.75) is 36.7 Å². The highest BCUT2D eigenvalue weighted by Crippen LogP contribution is 2.29. The van der Waals surface area contributed by atoms with Crippen LogP contribution in [0, 0.1) is 0 Å². The van der Waals surface area contributed by atoms with Gasteiger partial charge >= 0.3 is 0 Å². The lowest BCUT2D eigenvalue weighted by molar-refractivity contribution is 0.00950. The molecule has 5 nitrogen and oxygen atoms in total. The van der Waals surface area contributed by atoms with Crippen LogP contribution in [0.25, 0.3) is 0 Å². The fourth-order valence-corrected chi connectivity index (χ4v) is 4.10. The van der Waals surface area contributed by atoms with Crippen LogP contribution in [0.3, 0.4) is 0 Å². The molecule has 1 fully saturated rings. The van der Waals surface area contributed by atoms with Crippen molar-refractivity contribution in [3.05, 3.63) is 23.2 Å². The molecule has 1 atom stereocenters. The van der Waals surface area contributed by atoms with E-state index >= 15 is 0 Å². The molecule has 0 saturated carbocycles. The number of nitrogens with zero attached hydrogens (tertiary/aromatic N) is 1. The summed E-state index contributed by atoms with van der Waals surface area (Å²) in [5.74, 6) is 0.296. The molecule has 0 bridgehead atoms. The van der Waals surface area contributed by atoms with Crippen LogP contribution in [-0.4, -0.2) is 46.1 Å². The Labute approximate surface area is 137 Å². The minimum absolute atomic E-state index is 0.0922. The van der Waals surface area contributed by atoms with Gasteiger partial charge in [-0.3, -0.25) is 0 Å². The average Bonchev–Trinajstić information content (AvgIpc) is 2.53. The highest BCUT2D eigenvalue weighted by Gasteiger charge is 2.26. The summed E-state index contributed by atoms with van der Waals surface area (Å²) in [7, 11) is -0.626. The number of benzene rings is 1. The lowest BCUT2D eigenvalue weighted by Gasteiger charge is -2.25. The summed E-state index contributed by atoms with van der Waals surface area (Å²) in [6, 6.07) is 4.59. The molecule has 1 unspecified atom stereocenters. The summed E-state index contributed by atoms with van der Waals surface area (Å²) in [5, 5.41) is 0.364. The van der Waals surface area contributed by atoms with E-state index in [2.05, 4.69) is 0 Å². The Morgan fingerprint density at radius 3 is 2.82 bits per heavy atom. The molecule has 1 heterocycles. The molecule has 1 aromatic carbocycles. The monoisotopic (exact) mass is 347 g/mol. The third kappa shape index (κ3) is 4.13. The Bertz CT molecular complexity index is 600. The van der Waals surface area contributed by atoms with E-state index < -0.39 is 10.0 Å². The zero-order valence-corrected chi connectivity index (χ0v) is 14.5. The lowest BCUT2D eigenvalue weighted by atomic mass is 10.1. The molecule has 0 radical (unpaired) electrons. The van der Waals surface area contributed by atoms with Gasteiger partial charge in [0.05, 0.1) is 13.2 Å². The molecule has 1 aromatic rings. The maximum absolute atomic E-state index is 12.7. The molecule has 0 amide bonds. The first-order chi connectivity index (χ1) is 10.4. The van der Waals surface area contributed by atoms with E-state index in [9.17, 15) is 8.42 Å². The molecule has 1 aliphatic heterocycles. The highest BCUT2D eigenvalue weighted by molar-refractivity contribution is 7.89. The van der Waals surface area contributed by atoms with Crippen molar-refractivity contribution in [2.24, 2.45) is 0 Å². The van der Waals surface area contributed by atoms with Crippen molar-refractivity contribution in [2.75, 3.05) is 27.3 Å². The van der Waals surface area contributed by atoms with Crippen molar-refractivity contribution in [3.63, 3.8) is 0 Å². The third-order valence-electron chi connectivity index (χ3n) is 3.85. The second-order valence-electron chi connectivity index (χ2n) is 5.40. The Hall–Kier alpha value is -0.820. The fourth-order valence-electron chi connectivity index (χ4n) is 2.50. The van der Waals surface area contributed by atoms with Gasteiger partial charge in [0.2, 0.25) is 10.0 Å². The van der Waals surface area contributed by atoms with Crippen LogP contribution in [-0.2, 0) is 14.8 Å². The van der Waals surface area contributed by atoms with Gasteiger partial charge in [-0.1, -0.05) is 11.6 Å². The van der Waals surface area contributed by atoms with Gasteiger partial charge in [-0.25, -0.2) is 12.7 Å². The van der Waals surface area contributed by atoms with Crippen LogP contribution in [0.1, 0.15) is 25.7 Å². The average molecular weight is 348 g/mol. The van der Waals surface area contributed by atoms with Gasteiger partial charge in [0, 0.05) is 25.2 Å². The number of hydrogen-bond acceptors (Lipinski definition) is 4. The molecule has 1 aliphatic rings. The van der Waals surface area contributed by atoms with E-state index in [-0.39, 0.29) is 11.0 Å². The SMILES string of the molecule is COc1ccc(Cl)cc1S(=O)(=O)N(C)CCC1CCCCO1. The van der Waals surface area contributed by atoms with Gasteiger partial charge in [-0.2, -0.15) is 0 Å². The Morgan fingerprint density at radius 1 is 1.41 bits per heavy atom. The summed E-state index contributed by atoms with van der Waals surface area (Å²) in [6.07, 6.45) is 4.06. The van der Waals surface area contributed by atoms with E-state index in [1.165, 1.54) is 17.5 Å². The highest BCUT2D eigenvalue weighted by atomic mass is 35.5. The molecule has 22 heavy (non-hydrogen) atoms. The first-order valence-corrected chi connectivity index (χ1v) is 9.18. The number of sulfonamides is 1. The zero-order valence-electron chi connectivity index (χ0n) is 12.9. The molecule has 7 heteroatoms. The van der Waals surface area contributed by atoms with Crippen LogP contribution >= 0.6 is 11.6 Å². The van der Waals surface area contributed by atoms with Crippen molar-refractivity contribution in [3.8, 4) is 5.75 Å².